The standard InChI is InChI=1S/3C18H15P.2CH3.ClH.HI.Rh/c3*1-4-10-16(11-5-1)19(17-12-6-2-7-13-17)18-14-8-3-9-15-18;;;;;/h3*1-15H;2*1H3;2*1H;/q;;;2*-1;;;+2/p+1. The molecule has 9 aromatic rings. The van der Waals surface area contributed by atoms with Crippen LogP contribution in [-0.4, -0.2) is 0 Å². The van der Waals surface area contributed by atoms with Crippen LogP contribution in [0.1, 0.15) is 0 Å². The molecule has 0 aliphatic rings. The van der Waals surface area contributed by atoms with Gasteiger partial charge < -0.3 is 14.9 Å². The van der Waals surface area contributed by atoms with Gasteiger partial charge in [0.1, 0.15) is 47.7 Å². The van der Waals surface area contributed by atoms with Crippen molar-refractivity contribution in [1.82, 2.24) is 0 Å². The summed E-state index contributed by atoms with van der Waals surface area (Å²) in [5.74, 6) is 0. The van der Waals surface area contributed by atoms with Gasteiger partial charge in [0.2, 0.25) is 0 Å². The first-order chi connectivity index (χ1) is 29.8. The zero-order valence-corrected chi connectivity index (χ0v) is 42.6. The van der Waals surface area contributed by atoms with Gasteiger partial charge in [0.25, 0.3) is 0 Å². The summed E-state index contributed by atoms with van der Waals surface area (Å²) in [5.41, 5.74) is 0. The molecule has 0 saturated heterocycles. The minimum Gasteiger partial charge on any atom is -0.0620 e. The molecule has 6 heteroatoms. The van der Waals surface area contributed by atoms with Crippen molar-refractivity contribution < 1.29 is 12.6 Å². The molecule has 0 radical (unpaired) electrons. The third-order valence-corrected chi connectivity index (χ3v) is 17.8. The Morgan fingerprint density at radius 1 is 0.226 bits per heavy atom. The first-order valence-electron chi connectivity index (χ1n) is 19.7. The van der Waals surface area contributed by atoms with Crippen LogP contribution < -0.4 is 47.7 Å². The summed E-state index contributed by atoms with van der Waals surface area (Å²) in [6.07, 6.45) is 0. The Balaban J connectivity index is 0.000000195. The molecule has 0 fully saturated rings. The number of hydrogen-bond acceptors (Lipinski definition) is 0. The zero-order valence-electron chi connectivity index (χ0n) is 35.1. The maximum Gasteiger partial charge on any atom is 0.102 e. The van der Waals surface area contributed by atoms with Crippen molar-refractivity contribution in [3.8, 4) is 0 Å². The summed E-state index contributed by atoms with van der Waals surface area (Å²) in [5, 5.41) is 12.9. The van der Waals surface area contributed by atoms with E-state index in [1.165, 1.54) is 47.7 Å². The molecule has 0 nitrogen and oxygen atoms in total. The summed E-state index contributed by atoms with van der Waals surface area (Å²) in [6, 6.07) is 97.5. The van der Waals surface area contributed by atoms with Crippen molar-refractivity contribution in [3.05, 3.63) is 288 Å². The molecule has 315 valence electrons. The van der Waals surface area contributed by atoms with Gasteiger partial charge in [0.05, 0.1) is 23.8 Å². The van der Waals surface area contributed by atoms with Gasteiger partial charge in [-0.2, -0.15) is 0 Å². The zero-order chi connectivity index (χ0) is 41.5. The molecule has 0 heterocycles. The molecule has 62 heavy (non-hydrogen) atoms. The molecule has 0 aliphatic heterocycles. The van der Waals surface area contributed by atoms with Crippen LogP contribution in [-0.2, 0) is 12.6 Å². The Kier molecular flexibility index (Phi) is 23.9. The summed E-state index contributed by atoms with van der Waals surface area (Å²) >= 11 is 2.40. The molecule has 0 atom stereocenters. The van der Waals surface area contributed by atoms with Gasteiger partial charge in [-0.05, 0) is 109 Å². The quantitative estimate of drug-likeness (QED) is 0.0585. The number of benzene rings is 9. The van der Waals surface area contributed by atoms with Crippen LogP contribution in [0.5, 0.6) is 0 Å². The van der Waals surface area contributed by atoms with Gasteiger partial charge in [-0.1, -0.05) is 164 Å². The van der Waals surface area contributed by atoms with Crippen molar-refractivity contribution in [1.29, 1.82) is 0 Å². The first-order valence-corrected chi connectivity index (χ1v) is 31.2. The van der Waals surface area contributed by atoms with Gasteiger partial charge in [-0.3, -0.25) is 0 Å². The fourth-order valence-corrected chi connectivity index (χ4v) is 14.7. The van der Waals surface area contributed by atoms with Crippen LogP contribution in [0.3, 0.4) is 0 Å². The second kappa shape index (κ2) is 29.3. The van der Waals surface area contributed by atoms with Gasteiger partial charge in [-0.15, -0.1) is 0 Å². The average molecular weight is 1090 g/mol. The molecule has 9 aromatic carbocycles. The molecule has 0 bridgehead atoms. The predicted molar refractivity (Wildman–Crippen MR) is 292 cm³/mol. The smallest absolute Gasteiger partial charge is 0.0620 e. The Morgan fingerprint density at radius 2 is 0.306 bits per heavy atom. The summed E-state index contributed by atoms with van der Waals surface area (Å²) in [4.78, 5) is 0. The number of rotatable bonds is 9. The van der Waals surface area contributed by atoms with Crippen LogP contribution >= 0.6 is 53.2 Å². The topological polar surface area (TPSA) is 0 Å². The average Bonchev–Trinajstić information content (AvgIpc) is 3.33. The molecule has 0 unspecified atom stereocenters. The molecular weight excluding hydrogens is 1030 g/mol. The van der Waals surface area contributed by atoms with Crippen molar-refractivity contribution in [3.63, 3.8) is 0 Å². The van der Waals surface area contributed by atoms with E-state index in [0.29, 0.717) is 0 Å². The molecule has 0 aliphatic carbocycles. The van der Waals surface area contributed by atoms with Crippen LogP contribution in [0.2, 0.25) is 0 Å². The maximum absolute atomic E-state index is 5.06. The second-order valence-corrected chi connectivity index (χ2v) is 26.5. The molecule has 0 saturated carbocycles. The van der Waals surface area contributed by atoms with E-state index in [-0.39, 0.29) is 27.5 Å². The number of halogens is 2. The Morgan fingerprint density at radius 3 is 0.387 bits per heavy atom. The predicted octanol–water partition coefficient (Wildman–Crippen LogP) is 12.0. The van der Waals surface area contributed by atoms with Crippen molar-refractivity contribution in [2.24, 2.45) is 0 Å². The van der Waals surface area contributed by atoms with E-state index < -0.39 is 23.8 Å². The van der Waals surface area contributed by atoms with E-state index in [4.69, 9.17) is 9.69 Å². The van der Waals surface area contributed by atoms with E-state index in [0.717, 1.165) is 0 Å². The van der Waals surface area contributed by atoms with Crippen LogP contribution in [0, 0.1) is 14.9 Å². The minimum atomic E-state index is -0.877. The fraction of sp³-hybridized carbons (Fsp3) is 0. The van der Waals surface area contributed by atoms with Crippen LogP contribution in [0.4, 0.5) is 0 Å². The Labute approximate surface area is 398 Å². The van der Waals surface area contributed by atoms with Crippen molar-refractivity contribution in [2.45, 2.75) is 0 Å². The molecule has 0 aromatic heterocycles. The van der Waals surface area contributed by atoms with E-state index in [9.17, 15) is 0 Å². The Bertz CT molecular complexity index is 1890. The molecule has 0 N–H and O–H groups in total. The summed E-state index contributed by atoms with van der Waals surface area (Å²) in [7, 11) is 2.42. The second-order valence-electron chi connectivity index (χ2n) is 13.5. The molecule has 0 amide bonds. The summed E-state index contributed by atoms with van der Waals surface area (Å²) in [6.45, 7) is 0. The molecular formula is C56H54ClIP3Rh+. The minimum absolute atomic E-state index is 0. The van der Waals surface area contributed by atoms with Crippen molar-refractivity contribution in [2.75, 3.05) is 0 Å². The fourth-order valence-electron chi connectivity index (χ4n) is 6.94. The maximum atomic E-state index is 5.06. The first kappa shape index (κ1) is 50.6. The normalized spacial score (nSPS) is 10.1. The van der Waals surface area contributed by atoms with E-state index >= 15 is 0 Å². The van der Waals surface area contributed by atoms with Gasteiger partial charge in [0, 0.05) is 0 Å². The van der Waals surface area contributed by atoms with Gasteiger partial charge in [0.15, 0.2) is 0 Å². The van der Waals surface area contributed by atoms with Gasteiger partial charge in [-0.25, -0.2) is 0 Å². The summed E-state index contributed by atoms with van der Waals surface area (Å²) < 4.78 is 0. The SMILES string of the molecule is [CH3-].[CH3-].[Cl][Rh][I].c1ccc([PH+](c2ccccc2)c2ccccc2)cc1.c1ccc([PH+](c2ccccc2)c2ccccc2)cc1.c1ccc([PH+](c2ccccc2)c2ccccc2)cc1. The molecule has 0 spiro atoms. The van der Waals surface area contributed by atoms with Crippen LogP contribution in [0.15, 0.2) is 273 Å². The van der Waals surface area contributed by atoms with E-state index in [2.05, 4.69) is 293 Å². The number of hydrogen-bond donors (Lipinski definition) is 0. The third-order valence-electron chi connectivity index (χ3n) is 9.56. The van der Waals surface area contributed by atoms with Gasteiger partial charge >= 0.3 is 42.1 Å². The Hall–Kier alpha value is -4.09. The molecule has 9 rings (SSSR count). The van der Waals surface area contributed by atoms with E-state index in [1.807, 2.05) is 0 Å². The monoisotopic (exact) mass is 1080 g/mol. The van der Waals surface area contributed by atoms with Crippen LogP contribution in [0.25, 0.3) is 0 Å². The van der Waals surface area contributed by atoms with E-state index in [1.54, 1.807) is 0 Å². The largest absolute Gasteiger partial charge is 0.102 e. The van der Waals surface area contributed by atoms with Crippen molar-refractivity contribution >= 4 is 101 Å². The third kappa shape index (κ3) is 15.6.